The predicted molar refractivity (Wildman–Crippen MR) is 63.6 cm³/mol. The maximum atomic E-state index is 6.20. The molecule has 1 aliphatic rings. The van der Waals surface area contributed by atoms with Crippen molar-refractivity contribution in [1.82, 2.24) is 0 Å². The zero-order valence-corrected chi connectivity index (χ0v) is 10.8. The fourth-order valence-electron chi connectivity index (χ4n) is 1.53. The van der Waals surface area contributed by atoms with Crippen LogP contribution in [-0.2, 0) is 4.74 Å². The molecular weight excluding hydrogens is 279 g/mol. The molecule has 2 rings (SSSR count). The summed E-state index contributed by atoms with van der Waals surface area (Å²) >= 11 is 9.72. The Labute approximate surface area is 103 Å². The summed E-state index contributed by atoms with van der Waals surface area (Å²) in [4.78, 5) is 0. The maximum Gasteiger partial charge on any atom is 0.188 e. The van der Waals surface area contributed by atoms with Crippen LogP contribution in [0.4, 0.5) is 0 Å². The second kappa shape index (κ2) is 4.73. The van der Waals surface area contributed by atoms with E-state index in [2.05, 4.69) is 15.9 Å². The van der Waals surface area contributed by atoms with Crippen molar-refractivity contribution in [3.63, 3.8) is 0 Å². The lowest BCUT2D eigenvalue weighted by Gasteiger charge is -2.10. The molecule has 1 aromatic carbocycles. The molecule has 0 aliphatic heterocycles. The Hall–Kier alpha value is -0.250. The Morgan fingerprint density at radius 3 is 2.73 bits per heavy atom. The molecular formula is C11H12BrClO2. The topological polar surface area (TPSA) is 18.5 Å². The van der Waals surface area contributed by atoms with Gasteiger partial charge in [0.15, 0.2) is 6.79 Å². The zero-order chi connectivity index (χ0) is 10.8. The van der Waals surface area contributed by atoms with Crippen molar-refractivity contribution in [2.24, 2.45) is 0 Å². The van der Waals surface area contributed by atoms with Crippen molar-refractivity contribution in [2.75, 3.05) is 13.9 Å². The first-order chi connectivity index (χ1) is 7.22. The summed E-state index contributed by atoms with van der Waals surface area (Å²) in [7, 11) is 1.59. The highest BCUT2D eigenvalue weighted by Crippen LogP contribution is 2.47. The van der Waals surface area contributed by atoms with Crippen LogP contribution in [0.5, 0.6) is 5.75 Å². The largest absolute Gasteiger partial charge is 0.467 e. The third kappa shape index (κ3) is 2.65. The van der Waals surface area contributed by atoms with Gasteiger partial charge in [0.2, 0.25) is 0 Å². The molecule has 0 saturated heterocycles. The van der Waals surface area contributed by atoms with E-state index in [1.807, 2.05) is 12.1 Å². The summed E-state index contributed by atoms with van der Waals surface area (Å²) in [5, 5.41) is 0.776. The van der Waals surface area contributed by atoms with Gasteiger partial charge in [0.05, 0.1) is 0 Å². The van der Waals surface area contributed by atoms with E-state index in [9.17, 15) is 0 Å². The molecule has 2 nitrogen and oxygen atoms in total. The minimum Gasteiger partial charge on any atom is -0.467 e. The summed E-state index contributed by atoms with van der Waals surface area (Å²) in [6.45, 7) is 0.242. The van der Waals surface area contributed by atoms with E-state index >= 15 is 0 Å². The first kappa shape index (κ1) is 11.2. The fourth-order valence-corrected chi connectivity index (χ4v) is 2.77. The van der Waals surface area contributed by atoms with Crippen LogP contribution in [0.3, 0.4) is 0 Å². The van der Waals surface area contributed by atoms with Crippen LogP contribution in [0.2, 0.25) is 5.02 Å². The summed E-state index contributed by atoms with van der Waals surface area (Å²) < 4.78 is 11.2. The Morgan fingerprint density at radius 1 is 1.47 bits per heavy atom. The minimum absolute atomic E-state index is 0.242. The Bertz CT molecular complexity index is 341. The highest BCUT2D eigenvalue weighted by atomic mass is 79.9. The molecule has 1 saturated carbocycles. The summed E-state index contributed by atoms with van der Waals surface area (Å²) in [5.41, 5.74) is 1.21. The highest BCUT2D eigenvalue weighted by molar-refractivity contribution is 9.10. The lowest BCUT2D eigenvalue weighted by molar-refractivity contribution is 0.0511. The second-order valence-electron chi connectivity index (χ2n) is 3.63. The van der Waals surface area contributed by atoms with E-state index in [-0.39, 0.29) is 6.79 Å². The molecule has 0 unspecified atom stereocenters. The lowest BCUT2D eigenvalue weighted by Crippen LogP contribution is -1.99. The van der Waals surface area contributed by atoms with Gasteiger partial charge in [0.1, 0.15) is 5.75 Å². The summed E-state index contributed by atoms with van der Waals surface area (Å²) in [5.74, 6) is 1.36. The van der Waals surface area contributed by atoms with Crippen LogP contribution in [0.15, 0.2) is 16.6 Å². The van der Waals surface area contributed by atoms with Crippen molar-refractivity contribution in [3.8, 4) is 5.75 Å². The Morgan fingerprint density at radius 2 is 2.20 bits per heavy atom. The number of halogens is 2. The molecule has 1 aromatic rings. The smallest absolute Gasteiger partial charge is 0.188 e. The van der Waals surface area contributed by atoms with Crippen molar-refractivity contribution in [1.29, 1.82) is 0 Å². The van der Waals surface area contributed by atoms with E-state index in [1.165, 1.54) is 18.4 Å². The van der Waals surface area contributed by atoms with Gasteiger partial charge >= 0.3 is 0 Å². The van der Waals surface area contributed by atoms with Crippen molar-refractivity contribution in [2.45, 2.75) is 18.8 Å². The number of rotatable bonds is 4. The number of benzene rings is 1. The van der Waals surface area contributed by atoms with E-state index in [0.29, 0.717) is 5.92 Å². The van der Waals surface area contributed by atoms with Gasteiger partial charge in [-0.25, -0.2) is 0 Å². The number of ether oxygens (including phenoxy) is 2. The third-order valence-electron chi connectivity index (χ3n) is 2.38. The zero-order valence-electron chi connectivity index (χ0n) is 8.43. The third-order valence-corrected chi connectivity index (χ3v) is 3.35. The minimum atomic E-state index is 0.242. The van der Waals surface area contributed by atoms with Crippen molar-refractivity contribution in [3.05, 3.63) is 27.2 Å². The summed E-state index contributed by atoms with van der Waals surface area (Å²) in [6, 6.07) is 3.79. The van der Waals surface area contributed by atoms with Crippen LogP contribution in [0, 0.1) is 0 Å². The van der Waals surface area contributed by atoms with Gasteiger partial charge in [-0.15, -0.1) is 0 Å². The first-order valence-electron chi connectivity index (χ1n) is 4.83. The number of hydrogen-bond acceptors (Lipinski definition) is 2. The monoisotopic (exact) mass is 290 g/mol. The Balaban J connectivity index is 2.22. The van der Waals surface area contributed by atoms with Crippen LogP contribution >= 0.6 is 27.5 Å². The van der Waals surface area contributed by atoms with Gasteiger partial charge in [0.25, 0.3) is 0 Å². The highest BCUT2D eigenvalue weighted by Gasteiger charge is 2.28. The number of hydrogen-bond donors (Lipinski definition) is 0. The molecule has 0 heterocycles. The molecule has 0 spiro atoms. The molecule has 15 heavy (non-hydrogen) atoms. The molecule has 1 aliphatic carbocycles. The van der Waals surface area contributed by atoms with Crippen LogP contribution in [0.1, 0.15) is 24.3 Å². The molecule has 4 heteroatoms. The van der Waals surface area contributed by atoms with E-state index in [1.54, 1.807) is 7.11 Å². The van der Waals surface area contributed by atoms with Crippen molar-refractivity contribution < 1.29 is 9.47 Å². The fraction of sp³-hybridized carbons (Fsp3) is 0.455. The van der Waals surface area contributed by atoms with Crippen LogP contribution < -0.4 is 4.74 Å². The standard InChI is InChI=1S/C11H12BrClO2/c1-14-6-15-8-4-9(12)11(7-2-3-7)10(13)5-8/h4-5,7H,2-3,6H2,1H3. The number of methoxy groups -OCH3 is 1. The molecule has 0 radical (unpaired) electrons. The van der Waals surface area contributed by atoms with Crippen LogP contribution in [-0.4, -0.2) is 13.9 Å². The van der Waals surface area contributed by atoms with Crippen molar-refractivity contribution >= 4 is 27.5 Å². The average molecular weight is 292 g/mol. The van der Waals surface area contributed by atoms with Gasteiger partial charge in [-0.2, -0.15) is 0 Å². The second-order valence-corrected chi connectivity index (χ2v) is 4.89. The Kier molecular flexibility index (Phi) is 3.54. The quantitative estimate of drug-likeness (QED) is 0.782. The molecule has 0 aromatic heterocycles. The van der Waals surface area contributed by atoms with Gasteiger partial charge in [-0.1, -0.05) is 27.5 Å². The molecule has 82 valence electrons. The molecule has 0 bridgehead atoms. The van der Waals surface area contributed by atoms with Crippen LogP contribution in [0.25, 0.3) is 0 Å². The van der Waals surface area contributed by atoms with Gasteiger partial charge < -0.3 is 9.47 Å². The van der Waals surface area contributed by atoms with Gasteiger partial charge in [-0.05, 0) is 36.5 Å². The molecule has 0 atom stereocenters. The van der Waals surface area contributed by atoms with E-state index in [4.69, 9.17) is 21.1 Å². The maximum absolute atomic E-state index is 6.20. The average Bonchev–Trinajstić information content (AvgIpc) is 2.97. The van der Waals surface area contributed by atoms with Gasteiger partial charge in [0, 0.05) is 16.6 Å². The van der Waals surface area contributed by atoms with E-state index < -0.39 is 0 Å². The summed E-state index contributed by atoms with van der Waals surface area (Å²) in [6.07, 6.45) is 2.47. The lowest BCUT2D eigenvalue weighted by atomic mass is 10.1. The molecule has 0 N–H and O–H groups in total. The predicted octanol–water partition coefficient (Wildman–Crippen LogP) is 3.96. The van der Waals surface area contributed by atoms with Gasteiger partial charge in [-0.3, -0.25) is 0 Å². The normalized spacial score (nSPS) is 15.4. The van der Waals surface area contributed by atoms with E-state index in [0.717, 1.165) is 15.2 Å². The first-order valence-corrected chi connectivity index (χ1v) is 6.00. The molecule has 0 amide bonds. The molecule has 1 fully saturated rings. The SMILES string of the molecule is COCOc1cc(Cl)c(C2CC2)c(Br)c1.